The van der Waals surface area contributed by atoms with Crippen molar-refractivity contribution in [2.24, 2.45) is 0 Å². The first-order chi connectivity index (χ1) is 15.5. The second-order valence-corrected chi connectivity index (χ2v) is 8.41. The highest BCUT2D eigenvalue weighted by molar-refractivity contribution is 6.09. The fraction of sp³-hybridized carbons (Fsp3) is 0.154. The van der Waals surface area contributed by atoms with Gasteiger partial charge < -0.3 is 15.1 Å². The lowest BCUT2D eigenvalue weighted by Crippen LogP contribution is -2.26. The Morgan fingerprint density at radius 1 is 0.969 bits per heavy atom. The number of nitrogens with zero attached hydrogens (tertiary/aromatic N) is 3. The Bertz CT molecular complexity index is 1380. The Hall–Kier alpha value is -4.06. The standard InChI is InChI=1S/C26H21N3O3/c1-28(20-6-2-4-15-5-3-13-27-23(15)20)24(30)16-9-11-19(12-10-16)29-25(31)21-17-7-8-18(14-17)22(21)26(29)32/h2-13,17-18,31-32H,14H2,1H3/t17-,18?/m0/s1. The van der Waals surface area contributed by atoms with E-state index in [0.717, 1.165) is 34.1 Å². The van der Waals surface area contributed by atoms with Crippen molar-refractivity contribution in [1.29, 1.82) is 0 Å². The van der Waals surface area contributed by atoms with Crippen molar-refractivity contribution in [3.05, 3.63) is 89.6 Å². The van der Waals surface area contributed by atoms with Crippen LogP contribution in [0.1, 0.15) is 39.7 Å². The number of para-hydroxylation sites is 1. The number of hydrogen-bond donors (Lipinski definition) is 2. The molecule has 0 radical (unpaired) electrons. The summed E-state index contributed by atoms with van der Waals surface area (Å²) in [6.07, 6.45) is 6.82. The molecule has 0 spiro atoms. The van der Waals surface area contributed by atoms with Gasteiger partial charge in [0.1, 0.15) is 0 Å². The fourth-order valence-corrected chi connectivity index (χ4v) is 5.10. The van der Waals surface area contributed by atoms with Gasteiger partial charge in [-0.3, -0.25) is 14.3 Å². The van der Waals surface area contributed by atoms with Crippen LogP contribution in [0.2, 0.25) is 0 Å². The van der Waals surface area contributed by atoms with Crippen LogP contribution >= 0.6 is 0 Å². The number of fused-ring (bicyclic) bond motifs is 6. The van der Waals surface area contributed by atoms with Gasteiger partial charge in [0.2, 0.25) is 11.8 Å². The number of pyridine rings is 1. The smallest absolute Gasteiger partial charge is 0.258 e. The van der Waals surface area contributed by atoms with Crippen LogP contribution in [0.25, 0.3) is 16.6 Å². The molecule has 2 aliphatic carbocycles. The maximum Gasteiger partial charge on any atom is 0.258 e. The molecule has 4 aromatic rings. The summed E-state index contributed by atoms with van der Waals surface area (Å²) in [6, 6.07) is 16.5. The quantitative estimate of drug-likeness (QED) is 0.462. The zero-order valence-corrected chi connectivity index (χ0v) is 17.4. The highest BCUT2D eigenvalue weighted by atomic mass is 16.3. The summed E-state index contributed by atoms with van der Waals surface area (Å²) in [6.45, 7) is 0. The summed E-state index contributed by atoms with van der Waals surface area (Å²) >= 11 is 0. The summed E-state index contributed by atoms with van der Waals surface area (Å²) in [5.74, 6) is 0.303. The molecular formula is C26H21N3O3. The van der Waals surface area contributed by atoms with Crippen molar-refractivity contribution >= 4 is 22.5 Å². The number of allylic oxidation sites excluding steroid dienone is 2. The second kappa shape index (κ2) is 6.72. The highest BCUT2D eigenvalue weighted by Gasteiger charge is 2.41. The molecule has 0 saturated carbocycles. The highest BCUT2D eigenvalue weighted by Crippen LogP contribution is 2.57. The second-order valence-electron chi connectivity index (χ2n) is 8.41. The summed E-state index contributed by atoms with van der Waals surface area (Å²) in [5, 5.41) is 22.6. The van der Waals surface area contributed by atoms with Crippen molar-refractivity contribution in [3.8, 4) is 17.4 Å². The number of carbonyl (C=O) groups is 1. The predicted octanol–water partition coefficient (Wildman–Crippen LogP) is 4.85. The number of rotatable bonds is 3. The lowest BCUT2D eigenvalue weighted by Gasteiger charge is -2.19. The zero-order chi connectivity index (χ0) is 22.0. The summed E-state index contributed by atoms with van der Waals surface area (Å²) in [4.78, 5) is 19.2. The largest absolute Gasteiger partial charge is 0.494 e. The Balaban J connectivity index is 1.33. The Labute approximate surface area is 184 Å². The van der Waals surface area contributed by atoms with E-state index in [-0.39, 0.29) is 29.5 Å². The number of amides is 1. The molecule has 2 aliphatic rings. The van der Waals surface area contributed by atoms with Gasteiger partial charge >= 0.3 is 0 Å². The normalized spacial score (nSPS) is 18.3. The van der Waals surface area contributed by atoms with Crippen molar-refractivity contribution in [2.75, 3.05) is 11.9 Å². The average molecular weight is 423 g/mol. The van der Waals surface area contributed by atoms with E-state index in [1.54, 1.807) is 42.4 Å². The minimum absolute atomic E-state index is 0.0763. The van der Waals surface area contributed by atoms with Gasteiger partial charge in [-0.15, -0.1) is 0 Å². The van der Waals surface area contributed by atoms with Crippen molar-refractivity contribution in [3.63, 3.8) is 0 Å². The van der Waals surface area contributed by atoms with E-state index in [0.29, 0.717) is 11.3 Å². The number of aromatic nitrogens is 2. The van der Waals surface area contributed by atoms with Crippen LogP contribution in [0.15, 0.2) is 72.9 Å². The van der Waals surface area contributed by atoms with E-state index >= 15 is 0 Å². The van der Waals surface area contributed by atoms with Gasteiger partial charge in [0.15, 0.2) is 0 Å². The number of carbonyl (C=O) groups excluding carboxylic acids is 1. The first-order valence-corrected chi connectivity index (χ1v) is 10.6. The molecule has 2 aromatic heterocycles. The lowest BCUT2D eigenvalue weighted by molar-refractivity contribution is 0.0993. The molecule has 2 bridgehead atoms. The Kier molecular flexibility index (Phi) is 3.92. The van der Waals surface area contributed by atoms with Crippen molar-refractivity contribution in [2.45, 2.75) is 18.3 Å². The number of anilines is 1. The minimum Gasteiger partial charge on any atom is -0.494 e. The molecule has 2 heterocycles. The molecule has 6 nitrogen and oxygen atoms in total. The van der Waals surface area contributed by atoms with Gasteiger partial charge in [-0.05, 0) is 42.8 Å². The van der Waals surface area contributed by atoms with Crippen LogP contribution in [0.5, 0.6) is 11.8 Å². The van der Waals surface area contributed by atoms with Crippen LogP contribution in [-0.2, 0) is 0 Å². The monoisotopic (exact) mass is 423 g/mol. The van der Waals surface area contributed by atoms with Gasteiger partial charge in [0.05, 0.1) is 16.9 Å². The molecule has 0 aliphatic heterocycles. The number of aromatic hydroxyl groups is 2. The topological polar surface area (TPSA) is 78.6 Å². The molecule has 2 aromatic carbocycles. The molecule has 0 fully saturated rings. The van der Waals surface area contributed by atoms with Crippen molar-refractivity contribution in [1.82, 2.24) is 9.55 Å². The molecular weight excluding hydrogens is 402 g/mol. The van der Waals surface area contributed by atoms with E-state index in [9.17, 15) is 15.0 Å². The molecule has 1 unspecified atom stereocenters. The first-order valence-electron chi connectivity index (χ1n) is 10.6. The summed E-state index contributed by atoms with van der Waals surface area (Å²) < 4.78 is 1.46. The van der Waals surface area contributed by atoms with Crippen LogP contribution in [0.4, 0.5) is 5.69 Å². The first kappa shape index (κ1) is 18.7. The third-order valence-electron chi connectivity index (χ3n) is 6.67. The van der Waals surface area contributed by atoms with Gasteiger partial charge in [-0.2, -0.15) is 0 Å². The number of hydrogen-bond acceptors (Lipinski definition) is 4. The van der Waals surface area contributed by atoms with Crippen molar-refractivity contribution < 1.29 is 15.0 Å². The fourth-order valence-electron chi connectivity index (χ4n) is 5.10. The maximum atomic E-state index is 13.2. The predicted molar refractivity (Wildman–Crippen MR) is 123 cm³/mol. The Morgan fingerprint density at radius 2 is 1.62 bits per heavy atom. The molecule has 6 heteroatoms. The van der Waals surface area contributed by atoms with E-state index in [2.05, 4.69) is 17.1 Å². The zero-order valence-electron chi connectivity index (χ0n) is 17.4. The molecule has 32 heavy (non-hydrogen) atoms. The third kappa shape index (κ3) is 2.52. The molecule has 1 amide bonds. The van der Waals surface area contributed by atoms with Crippen LogP contribution in [0, 0.1) is 0 Å². The maximum absolute atomic E-state index is 13.2. The summed E-state index contributed by atoms with van der Waals surface area (Å²) in [5.41, 5.74) is 4.25. The van der Waals surface area contributed by atoms with Crippen LogP contribution < -0.4 is 4.90 Å². The molecule has 6 rings (SSSR count). The molecule has 2 atom stereocenters. The number of benzene rings is 2. The van der Waals surface area contributed by atoms with Gasteiger partial charge in [0, 0.05) is 47.2 Å². The van der Waals surface area contributed by atoms with Crippen LogP contribution in [0.3, 0.4) is 0 Å². The molecule has 158 valence electrons. The third-order valence-corrected chi connectivity index (χ3v) is 6.67. The molecule has 2 N–H and O–H groups in total. The Morgan fingerprint density at radius 3 is 2.31 bits per heavy atom. The SMILES string of the molecule is CN(C(=O)c1ccc(-n2c(O)c3c(c2O)[C@H]2C=CC3C2)cc1)c1cccc2cccnc12. The van der Waals surface area contributed by atoms with Gasteiger partial charge in [-0.25, -0.2) is 0 Å². The minimum atomic E-state index is -0.166. The lowest BCUT2D eigenvalue weighted by atomic mass is 10.0. The van der Waals surface area contributed by atoms with Crippen LogP contribution in [-0.4, -0.2) is 32.7 Å². The van der Waals surface area contributed by atoms with E-state index in [1.807, 2.05) is 30.3 Å². The average Bonchev–Trinajstić information content (AvgIpc) is 3.51. The van der Waals surface area contributed by atoms with E-state index < -0.39 is 0 Å². The summed E-state index contributed by atoms with van der Waals surface area (Å²) in [7, 11) is 1.73. The van der Waals surface area contributed by atoms with E-state index in [1.165, 1.54) is 4.57 Å². The molecule has 0 saturated heterocycles. The van der Waals surface area contributed by atoms with Gasteiger partial charge in [-0.1, -0.05) is 30.4 Å². The van der Waals surface area contributed by atoms with E-state index in [4.69, 9.17) is 0 Å². The van der Waals surface area contributed by atoms with Gasteiger partial charge in [0.25, 0.3) is 5.91 Å².